The summed E-state index contributed by atoms with van der Waals surface area (Å²) < 4.78 is 0. The quantitative estimate of drug-likeness (QED) is 0.698. The molecular formula is C11H18N2O3. The van der Waals surface area contributed by atoms with Crippen LogP contribution in [0.4, 0.5) is 0 Å². The predicted octanol–water partition coefficient (Wildman–Crippen LogP) is 0.0600. The maximum atomic E-state index is 12.1. The minimum absolute atomic E-state index is 0.0775. The van der Waals surface area contributed by atoms with Crippen LogP contribution in [0.5, 0.6) is 0 Å². The molecule has 0 spiro atoms. The highest BCUT2D eigenvalue weighted by molar-refractivity contribution is 5.84. The first kappa shape index (κ1) is 11.4. The zero-order valence-corrected chi connectivity index (χ0v) is 9.48. The van der Waals surface area contributed by atoms with Crippen molar-refractivity contribution in [2.75, 3.05) is 13.1 Å². The van der Waals surface area contributed by atoms with Gasteiger partial charge in [0.1, 0.15) is 0 Å². The number of hydrogen-bond donors (Lipinski definition) is 2. The van der Waals surface area contributed by atoms with Gasteiger partial charge in [-0.1, -0.05) is 0 Å². The second kappa shape index (κ2) is 4.41. The van der Waals surface area contributed by atoms with Gasteiger partial charge in [-0.25, -0.2) is 0 Å². The summed E-state index contributed by atoms with van der Waals surface area (Å²) in [7, 11) is 0. The van der Waals surface area contributed by atoms with E-state index in [2.05, 4.69) is 5.32 Å². The molecule has 2 heterocycles. The van der Waals surface area contributed by atoms with Gasteiger partial charge < -0.3 is 15.3 Å². The molecule has 2 saturated heterocycles. The lowest BCUT2D eigenvalue weighted by Gasteiger charge is -2.26. The van der Waals surface area contributed by atoms with Crippen LogP contribution < -0.4 is 5.32 Å². The monoisotopic (exact) mass is 226 g/mol. The number of aliphatic carboxylic acids is 1. The Labute approximate surface area is 94.8 Å². The van der Waals surface area contributed by atoms with Crippen molar-refractivity contribution in [2.45, 2.75) is 38.3 Å². The molecule has 2 rings (SSSR count). The van der Waals surface area contributed by atoms with Gasteiger partial charge in [-0.3, -0.25) is 9.59 Å². The molecule has 0 aromatic heterocycles. The van der Waals surface area contributed by atoms with Gasteiger partial charge in [0.15, 0.2) is 0 Å². The van der Waals surface area contributed by atoms with Crippen LogP contribution in [0.3, 0.4) is 0 Å². The normalized spacial score (nSPS) is 34.3. The van der Waals surface area contributed by atoms with E-state index >= 15 is 0 Å². The summed E-state index contributed by atoms with van der Waals surface area (Å²) in [6, 6.07) is -0.262. The topological polar surface area (TPSA) is 69.6 Å². The highest BCUT2D eigenvalue weighted by Crippen LogP contribution is 2.25. The highest BCUT2D eigenvalue weighted by atomic mass is 16.4. The summed E-state index contributed by atoms with van der Waals surface area (Å²) in [4.78, 5) is 24.8. The van der Waals surface area contributed by atoms with Crippen LogP contribution in [-0.2, 0) is 9.59 Å². The summed E-state index contributed by atoms with van der Waals surface area (Å²) in [5.41, 5.74) is 0. The van der Waals surface area contributed by atoms with Crippen LogP contribution in [0.15, 0.2) is 0 Å². The number of amides is 1. The molecule has 2 aliphatic heterocycles. The number of hydrogen-bond acceptors (Lipinski definition) is 3. The van der Waals surface area contributed by atoms with E-state index in [9.17, 15) is 9.59 Å². The Morgan fingerprint density at radius 1 is 1.38 bits per heavy atom. The first-order valence-corrected chi connectivity index (χ1v) is 5.88. The number of carbonyl (C=O) groups excluding carboxylic acids is 1. The molecule has 0 saturated carbocycles. The van der Waals surface area contributed by atoms with Crippen molar-refractivity contribution in [1.29, 1.82) is 0 Å². The van der Waals surface area contributed by atoms with Crippen molar-refractivity contribution in [3.05, 3.63) is 0 Å². The standard InChI is InChI=1S/C11H18N2O3/c1-7-8(11(15)16)4-6-13(7)10(14)9-3-2-5-12-9/h7-9,12H,2-6H2,1H3,(H,15,16)/t7?,8?,9-/m0/s1. The average Bonchev–Trinajstić information content (AvgIpc) is 2.84. The Hall–Kier alpha value is -1.10. The number of rotatable bonds is 2. The average molecular weight is 226 g/mol. The summed E-state index contributed by atoms with van der Waals surface area (Å²) >= 11 is 0. The van der Waals surface area contributed by atoms with E-state index in [1.54, 1.807) is 4.90 Å². The first-order valence-electron chi connectivity index (χ1n) is 5.88. The van der Waals surface area contributed by atoms with Crippen molar-refractivity contribution in [3.8, 4) is 0 Å². The van der Waals surface area contributed by atoms with Gasteiger partial charge in [0.05, 0.1) is 12.0 Å². The Morgan fingerprint density at radius 3 is 2.62 bits per heavy atom. The Kier molecular flexibility index (Phi) is 3.14. The first-order chi connectivity index (χ1) is 7.61. The molecule has 2 N–H and O–H groups in total. The van der Waals surface area contributed by atoms with Gasteiger partial charge in [-0.2, -0.15) is 0 Å². The van der Waals surface area contributed by atoms with E-state index in [-0.39, 0.29) is 18.0 Å². The molecule has 90 valence electrons. The lowest BCUT2D eigenvalue weighted by molar-refractivity contribution is -0.143. The number of carbonyl (C=O) groups is 2. The van der Waals surface area contributed by atoms with Crippen LogP contribution >= 0.6 is 0 Å². The van der Waals surface area contributed by atoms with Crippen molar-refractivity contribution in [1.82, 2.24) is 10.2 Å². The minimum atomic E-state index is -0.790. The minimum Gasteiger partial charge on any atom is -0.481 e. The molecule has 3 atom stereocenters. The summed E-state index contributed by atoms with van der Waals surface area (Å²) in [5.74, 6) is -1.11. The van der Waals surface area contributed by atoms with Crippen LogP contribution in [0.1, 0.15) is 26.2 Å². The van der Waals surface area contributed by atoms with Crippen LogP contribution in [0, 0.1) is 5.92 Å². The number of likely N-dealkylation sites (tertiary alicyclic amines) is 1. The fourth-order valence-corrected chi connectivity index (χ4v) is 2.68. The molecule has 2 aliphatic rings. The molecule has 0 aliphatic carbocycles. The molecule has 5 nitrogen and oxygen atoms in total. The molecule has 0 aromatic rings. The Morgan fingerprint density at radius 2 is 2.12 bits per heavy atom. The van der Waals surface area contributed by atoms with Gasteiger partial charge in [0, 0.05) is 12.6 Å². The number of carboxylic acids is 1. The van der Waals surface area contributed by atoms with E-state index in [0.717, 1.165) is 19.4 Å². The smallest absolute Gasteiger partial charge is 0.308 e. The van der Waals surface area contributed by atoms with Crippen molar-refractivity contribution in [2.24, 2.45) is 5.92 Å². The number of nitrogens with one attached hydrogen (secondary N) is 1. The molecule has 1 amide bonds. The highest BCUT2D eigenvalue weighted by Gasteiger charge is 2.40. The van der Waals surface area contributed by atoms with Crippen LogP contribution in [0.2, 0.25) is 0 Å². The Bertz CT molecular complexity index is 300. The van der Waals surface area contributed by atoms with Gasteiger partial charge >= 0.3 is 5.97 Å². The third kappa shape index (κ3) is 1.91. The summed E-state index contributed by atoms with van der Waals surface area (Å²) in [6.07, 6.45) is 2.48. The zero-order chi connectivity index (χ0) is 11.7. The van der Waals surface area contributed by atoms with Gasteiger partial charge in [0.2, 0.25) is 5.91 Å². The largest absolute Gasteiger partial charge is 0.481 e. The summed E-state index contributed by atoms with van der Waals surface area (Å²) in [5, 5.41) is 12.2. The molecule has 2 unspecified atom stereocenters. The van der Waals surface area contributed by atoms with Gasteiger partial charge in [-0.15, -0.1) is 0 Å². The predicted molar refractivity (Wildman–Crippen MR) is 57.9 cm³/mol. The third-order valence-corrected chi connectivity index (χ3v) is 3.71. The molecular weight excluding hydrogens is 208 g/mol. The molecule has 0 radical (unpaired) electrons. The SMILES string of the molecule is CC1C(C(=O)O)CCN1C(=O)[C@@H]1CCCN1. The number of carboxylic acid groups (broad SMARTS) is 1. The molecule has 2 fully saturated rings. The zero-order valence-electron chi connectivity index (χ0n) is 9.48. The van der Waals surface area contributed by atoms with Gasteiger partial charge in [0.25, 0.3) is 0 Å². The van der Waals surface area contributed by atoms with E-state index in [1.165, 1.54) is 0 Å². The Balaban J connectivity index is 2.00. The molecule has 0 bridgehead atoms. The van der Waals surface area contributed by atoms with E-state index in [0.29, 0.717) is 13.0 Å². The maximum absolute atomic E-state index is 12.1. The lowest BCUT2D eigenvalue weighted by atomic mass is 10.0. The number of nitrogens with zero attached hydrogens (tertiary/aromatic N) is 1. The van der Waals surface area contributed by atoms with Crippen molar-refractivity contribution in [3.63, 3.8) is 0 Å². The van der Waals surface area contributed by atoms with E-state index in [1.807, 2.05) is 6.92 Å². The van der Waals surface area contributed by atoms with Gasteiger partial charge in [-0.05, 0) is 32.7 Å². The van der Waals surface area contributed by atoms with E-state index in [4.69, 9.17) is 5.11 Å². The fraction of sp³-hybridized carbons (Fsp3) is 0.818. The second-order valence-corrected chi connectivity index (χ2v) is 4.65. The van der Waals surface area contributed by atoms with Crippen LogP contribution in [0.25, 0.3) is 0 Å². The van der Waals surface area contributed by atoms with Crippen molar-refractivity contribution >= 4 is 11.9 Å². The molecule has 16 heavy (non-hydrogen) atoms. The summed E-state index contributed by atoms with van der Waals surface area (Å²) in [6.45, 7) is 3.30. The third-order valence-electron chi connectivity index (χ3n) is 3.71. The lowest BCUT2D eigenvalue weighted by Crippen LogP contribution is -2.46. The second-order valence-electron chi connectivity index (χ2n) is 4.65. The van der Waals surface area contributed by atoms with Crippen LogP contribution in [-0.4, -0.2) is 47.1 Å². The fourth-order valence-electron chi connectivity index (χ4n) is 2.68. The molecule has 5 heteroatoms. The maximum Gasteiger partial charge on any atom is 0.308 e. The van der Waals surface area contributed by atoms with Crippen molar-refractivity contribution < 1.29 is 14.7 Å². The molecule has 0 aromatic carbocycles. The van der Waals surface area contributed by atoms with E-state index < -0.39 is 11.9 Å².